The first-order valence-corrected chi connectivity index (χ1v) is 4.67. The highest BCUT2D eigenvalue weighted by atomic mass is 15.4. The van der Waals surface area contributed by atoms with Crippen LogP contribution in [0.4, 0.5) is 0 Å². The van der Waals surface area contributed by atoms with Gasteiger partial charge in [-0.1, -0.05) is 5.10 Å². The maximum absolute atomic E-state index is 5.83. The lowest BCUT2D eigenvalue weighted by Gasteiger charge is -2.10. The number of hydrogen-bond acceptors (Lipinski definition) is 2. The molecule has 1 aliphatic carbocycles. The average molecular weight is 166 g/mol. The van der Waals surface area contributed by atoms with Crippen molar-refractivity contribution in [3.8, 4) is 0 Å². The molecule has 0 bridgehead atoms. The van der Waals surface area contributed by atoms with Crippen LogP contribution in [0.5, 0.6) is 0 Å². The molecule has 0 radical (unpaired) electrons. The molecule has 0 aromatic carbocycles. The Kier molecular flexibility index (Phi) is 2.23. The van der Waals surface area contributed by atoms with E-state index in [1.807, 2.05) is 12.3 Å². The van der Waals surface area contributed by atoms with Gasteiger partial charge in [0.1, 0.15) is 12.7 Å². The van der Waals surface area contributed by atoms with Crippen LogP contribution in [0.1, 0.15) is 19.3 Å². The normalized spacial score (nSPS) is 39.6. The number of quaternary nitrogens is 1. The van der Waals surface area contributed by atoms with Crippen LogP contribution in [0.3, 0.4) is 0 Å². The van der Waals surface area contributed by atoms with E-state index in [4.69, 9.17) is 5.73 Å². The molecule has 1 heterocycles. The van der Waals surface area contributed by atoms with Crippen molar-refractivity contribution in [3.05, 3.63) is 12.3 Å². The van der Waals surface area contributed by atoms with Crippen molar-refractivity contribution in [2.45, 2.75) is 25.3 Å². The Bertz CT molecular complexity index is 198. The maximum Gasteiger partial charge on any atom is 0.122 e. The summed E-state index contributed by atoms with van der Waals surface area (Å²) in [6.07, 6.45) is 9.64. The quantitative estimate of drug-likeness (QED) is 0.571. The van der Waals surface area contributed by atoms with Gasteiger partial charge in [-0.3, -0.25) is 0 Å². The molecule has 0 amide bonds. The summed E-state index contributed by atoms with van der Waals surface area (Å²) >= 11 is 0. The third-order valence-electron chi connectivity index (χ3n) is 2.69. The van der Waals surface area contributed by atoms with E-state index in [0.717, 1.165) is 12.5 Å². The topological polar surface area (TPSA) is 42.8 Å². The predicted molar refractivity (Wildman–Crippen MR) is 48.8 cm³/mol. The molecular formula is C9H16N3+. The zero-order valence-electron chi connectivity index (χ0n) is 7.24. The fraction of sp³-hybridized carbons (Fsp3) is 0.667. The minimum Gasteiger partial charge on any atom is -0.328 e. The van der Waals surface area contributed by atoms with Crippen molar-refractivity contribution in [2.75, 3.05) is 6.54 Å². The number of nitrogens with zero attached hydrogens (tertiary/aromatic N) is 1. The first kappa shape index (κ1) is 7.95. The monoisotopic (exact) mass is 166 g/mol. The Morgan fingerprint density at radius 2 is 2.42 bits per heavy atom. The Morgan fingerprint density at radius 3 is 3.00 bits per heavy atom. The molecule has 2 aliphatic rings. The van der Waals surface area contributed by atoms with E-state index in [1.165, 1.54) is 24.3 Å². The minimum absolute atomic E-state index is 0.449. The van der Waals surface area contributed by atoms with E-state index in [0.29, 0.717) is 6.04 Å². The van der Waals surface area contributed by atoms with Crippen LogP contribution in [0.25, 0.3) is 0 Å². The van der Waals surface area contributed by atoms with Crippen LogP contribution in [0.2, 0.25) is 0 Å². The molecule has 3 heteroatoms. The standard InChI is InChI=1S/C9H15N3/c10-9-3-2-8(6-9)7-12-5-1-4-11-12/h1,4-5,8-9H,2-3,6-7,10H2/p+1. The van der Waals surface area contributed by atoms with Gasteiger partial charge in [0.25, 0.3) is 0 Å². The Hall–Kier alpha value is -0.670. The van der Waals surface area contributed by atoms with Crippen molar-refractivity contribution < 1.29 is 5.01 Å². The van der Waals surface area contributed by atoms with Gasteiger partial charge in [-0.05, 0) is 19.3 Å². The number of rotatable bonds is 2. The van der Waals surface area contributed by atoms with Crippen LogP contribution in [0, 0.1) is 5.92 Å². The van der Waals surface area contributed by atoms with Gasteiger partial charge in [0.05, 0.1) is 6.21 Å². The van der Waals surface area contributed by atoms with Crippen molar-refractivity contribution in [1.29, 1.82) is 0 Å². The van der Waals surface area contributed by atoms with E-state index in [2.05, 4.69) is 11.3 Å². The molecular weight excluding hydrogens is 150 g/mol. The second kappa shape index (κ2) is 3.37. The summed E-state index contributed by atoms with van der Waals surface area (Å²) < 4.78 is 0. The van der Waals surface area contributed by atoms with E-state index < -0.39 is 0 Å². The van der Waals surface area contributed by atoms with E-state index in [-0.39, 0.29) is 0 Å². The van der Waals surface area contributed by atoms with Crippen molar-refractivity contribution in [1.82, 2.24) is 0 Å². The zero-order valence-corrected chi connectivity index (χ0v) is 7.24. The molecule has 2 rings (SSSR count). The van der Waals surface area contributed by atoms with Crippen molar-refractivity contribution >= 4 is 6.21 Å². The van der Waals surface area contributed by atoms with Gasteiger partial charge in [-0.2, -0.15) is 5.01 Å². The van der Waals surface area contributed by atoms with Crippen LogP contribution in [0.15, 0.2) is 17.4 Å². The maximum atomic E-state index is 5.83. The summed E-state index contributed by atoms with van der Waals surface area (Å²) in [4.78, 5) is 0. The van der Waals surface area contributed by atoms with E-state index in [9.17, 15) is 0 Å². The fourth-order valence-corrected chi connectivity index (χ4v) is 2.05. The summed E-state index contributed by atoms with van der Waals surface area (Å²) in [6.45, 7) is 1.13. The Labute approximate surface area is 72.9 Å². The SMILES string of the molecule is NC1CCC(C[NH+]2C=CC=N2)C1. The second-order valence-electron chi connectivity index (χ2n) is 3.77. The van der Waals surface area contributed by atoms with Crippen molar-refractivity contribution in [3.63, 3.8) is 0 Å². The highest BCUT2D eigenvalue weighted by Gasteiger charge is 2.25. The molecule has 3 nitrogen and oxygen atoms in total. The van der Waals surface area contributed by atoms with Crippen LogP contribution >= 0.6 is 0 Å². The molecule has 0 saturated heterocycles. The molecule has 1 aliphatic heterocycles. The van der Waals surface area contributed by atoms with Crippen molar-refractivity contribution in [2.24, 2.45) is 16.8 Å². The van der Waals surface area contributed by atoms with Gasteiger partial charge in [0.15, 0.2) is 0 Å². The molecule has 3 unspecified atom stereocenters. The number of allylic oxidation sites excluding steroid dienone is 1. The minimum atomic E-state index is 0.449. The lowest BCUT2D eigenvalue weighted by atomic mass is 10.1. The molecule has 66 valence electrons. The third-order valence-corrected chi connectivity index (χ3v) is 2.69. The lowest BCUT2D eigenvalue weighted by Crippen LogP contribution is -3.02. The first-order chi connectivity index (χ1) is 5.84. The molecule has 0 aromatic heterocycles. The summed E-state index contributed by atoms with van der Waals surface area (Å²) in [5.41, 5.74) is 5.83. The number of nitrogens with one attached hydrogen (secondary N) is 1. The highest BCUT2D eigenvalue weighted by molar-refractivity contribution is 5.70. The van der Waals surface area contributed by atoms with E-state index in [1.54, 1.807) is 0 Å². The average Bonchev–Trinajstić information content (AvgIpc) is 2.63. The molecule has 12 heavy (non-hydrogen) atoms. The van der Waals surface area contributed by atoms with Crippen LogP contribution in [-0.2, 0) is 0 Å². The Balaban J connectivity index is 1.80. The molecule has 3 atom stereocenters. The van der Waals surface area contributed by atoms with E-state index >= 15 is 0 Å². The largest absolute Gasteiger partial charge is 0.328 e. The van der Waals surface area contributed by atoms with Crippen LogP contribution < -0.4 is 10.7 Å². The molecule has 1 fully saturated rings. The van der Waals surface area contributed by atoms with Gasteiger partial charge in [-0.15, -0.1) is 0 Å². The van der Waals surface area contributed by atoms with Gasteiger partial charge < -0.3 is 5.73 Å². The smallest absolute Gasteiger partial charge is 0.122 e. The summed E-state index contributed by atoms with van der Waals surface area (Å²) in [7, 11) is 0. The lowest BCUT2D eigenvalue weighted by molar-refractivity contribution is -0.854. The number of hydrogen-bond donors (Lipinski definition) is 2. The number of nitrogens with two attached hydrogens (primary N) is 1. The van der Waals surface area contributed by atoms with Gasteiger partial charge in [0, 0.05) is 18.0 Å². The molecule has 0 spiro atoms. The second-order valence-corrected chi connectivity index (χ2v) is 3.77. The predicted octanol–water partition coefficient (Wildman–Crippen LogP) is -0.488. The van der Waals surface area contributed by atoms with Crippen LogP contribution in [-0.4, -0.2) is 18.8 Å². The summed E-state index contributed by atoms with van der Waals surface area (Å²) in [5.74, 6) is 0.787. The summed E-state index contributed by atoms with van der Waals surface area (Å²) in [6, 6.07) is 0.449. The zero-order chi connectivity index (χ0) is 8.39. The molecule has 0 aromatic rings. The first-order valence-electron chi connectivity index (χ1n) is 4.67. The molecule has 1 saturated carbocycles. The highest BCUT2D eigenvalue weighted by Crippen LogP contribution is 2.22. The molecule has 3 N–H and O–H groups in total. The van der Waals surface area contributed by atoms with Gasteiger partial charge in [-0.25, -0.2) is 0 Å². The van der Waals surface area contributed by atoms with Gasteiger partial charge >= 0.3 is 0 Å². The van der Waals surface area contributed by atoms with Gasteiger partial charge in [0.2, 0.25) is 0 Å². The summed E-state index contributed by atoms with van der Waals surface area (Å²) in [5, 5.41) is 5.49. The third kappa shape index (κ3) is 1.73. The fourth-order valence-electron chi connectivity index (χ4n) is 2.05. The Morgan fingerprint density at radius 1 is 1.50 bits per heavy atom.